The number of carbonyl (C=O) groups is 1. The Morgan fingerprint density at radius 3 is 2.67 bits per heavy atom. The number of carbonyl (C=O) groups excluding carboxylic acids is 1. The van der Waals surface area contributed by atoms with Gasteiger partial charge in [-0.25, -0.2) is 18.4 Å². The van der Waals surface area contributed by atoms with E-state index in [9.17, 15) is 18.4 Å². The number of benzene rings is 1. The Balaban J connectivity index is 1.34. The first-order valence-corrected chi connectivity index (χ1v) is 14.0. The third-order valence-electron chi connectivity index (χ3n) is 7.37. The second kappa shape index (κ2) is 11.9. The van der Waals surface area contributed by atoms with Crippen LogP contribution in [0.3, 0.4) is 0 Å². The highest BCUT2D eigenvalue weighted by molar-refractivity contribution is 6.04. The zero-order valence-corrected chi connectivity index (χ0v) is 23.1. The summed E-state index contributed by atoms with van der Waals surface area (Å²) < 4.78 is 35.6. The summed E-state index contributed by atoms with van der Waals surface area (Å²) >= 11 is 0. The van der Waals surface area contributed by atoms with Crippen LogP contribution < -0.4 is 16.2 Å². The molecule has 0 bridgehead atoms. The Bertz CT molecular complexity index is 1680. The molecule has 2 aliphatic rings. The fourth-order valence-electron chi connectivity index (χ4n) is 4.91. The van der Waals surface area contributed by atoms with E-state index in [0.717, 1.165) is 36.9 Å². The molecule has 0 unspecified atom stereocenters. The number of hydrogen-bond acceptors (Lipinski definition) is 7. The zero-order chi connectivity index (χ0) is 29.2. The third-order valence-corrected chi connectivity index (χ3v) is 7.37. The molecule has 4 aromatic rings. The smallest absolute Gasteiger partial charge is 0.263 e. The quantitative estimate of drug-likeness (QED) is 0.242. The zero-order valence-electron chi connectivity index (χ0n) is 23.1. The van der Waals surface area contributed by atoms with Crippen LogP contribution in [0.1, 0.15) is 65.0 Å². The van der Waals surface area contributed by atoms with Crippen molar-refractivity contribution in [2.24, 2.45) is 0 Å². The van der Waals surface area contributed by atoms with E-state index in [2.05, 4.69) is 20.9 Å². The summed E-state index contributed by atoms with van der Waals surface area (Å²) in [4.78, 5) is 31.6. The van der Waals surface area contributed by atoms with E-state index < -0.39 is 18.4 Å². The lowest BCUT2D eigenvalue weighted by molar-refractivity contribution is 0.102. The van der Waals surface area contributed by atoms with Crippen molar-refractivity contribution in [2.45, 2.75) is 50.9 Å². The highest BCUT2D eigenvalue weighted by atomic mass is 19.1. The van der Waals surface area contributed by atoms with Crippen LogP contribution in [0, 0.1) is 5.82 Å². The van der Waals surface area contributed by atoms with E-state index in [0.29, 0.717) is 36.5 Å². The standard InChI is InChI=1S/C30H31F2N7O3/c1-42-9-8-33-15-18-10-25(30(41)38(16-18)23-5-6-23)29(40)35-28-12-20(11-26(34-28)19-2-3-19)24-7-4-21(32)13-27(24)39-17-22(14-31)36-37-39/h4,7,10-13,16-17,19,23,33H,2-3,5-6,8-9,14-15H2,1H3,(H,34,35,40). The van der Waals surface area contributed by atoms with Gasteiger partial charge in [0.25, 0.3) is 11.5 Å². The summed E-state index contributed by atoms with van der Waals surface area (Å²) in [6, 6.07) is 9.53. The number of hydrogen-bond donors (Lipinski definition) is 2. The number of ether oxygens (including phenoxy) is 1. The van der Waals surface area contributed by atoms with E-state index in [1.54, 1.807) is 29.9 Å². The predicted molar refractivity (Wildman–Crippen MR) is 152 cm³/mol. The van der Waals surface area contributed by atoms with Crippen molar-refractivity contribution in [1.82, 2.24) is 29.9 Å². The van der Waals surface area contributed by atoms with Gasteiger partial charge in [0, 0.05) is 55.7 Å². The molecule has 2 fully saturated rings. The number of nitrogens with one attached hydrogen (secondary N) is 2. The Hall–Kier alpha value is -4.29. The first-order valence-electron chi connectivity index (χ1n) is 14.0. The highest BCUT2D eigenvalue weighted by Gasteiger charge is 2.29. The molecule has 1 aromatic carbocycles. The summed E-state index contributed by atoms with van der Waals surface area (Å²) in [7, 11) is 1.63. The number of pyridine rings is 2. The van der Waals surface area contributed by atoms with Crippen LogP contribution in [-0.2, 0) is 18.0 Å². The van der Waals surface area contributed by atoms with Crippen molar-refractivity contribution in [3.63, 3.8) is 0 Å². The third kappa shape index (κ3) is 6.14. The van der Waals surface area contributed by atoms with Crippen molar-refractivity contribution in [1.29, 1.82) is 0 Å². The van der Waals surface area contributed by atoms with Gasteiger partial charge >= 0.3 is 0 Å². The fourth-order valence-corrected chi connectivity index (χ4v) is 4.91. The monoisotopic (exact) mass is 575 g/mol. The van der Waals surface area contributed by atoms with Gasteiger partial charge in [0.05, 0.1) is 18.5 Å². The molecule has 2 aliphatic carbocycles. The molecule has 12 heteroatoms. The number of halogens is 2. The maximum atomic E-state index is 14.3. The van der Waals surface area contributed by atoms with Crippen molar-refractivity contribution in [3.05, 3.63) is 87.5 Å². The second-order valence-electron chi connectivity index (χ2n) is 10.7. The molecule has 1 amide bonds. The molecule has 6 rings (SSSR count). The lowest BCUT2D eigenvalue weighted by Crippen LogP contribution is -2.30. The second-order valence-corrected chi connectivity index (χ2v) is 10.7. The minimum Gasteiger partial charge on any atom is -0.383 e. The number of rotatable bonds is 12. The van der Waals surface area contributed by atoms with E-state index in [-0.39, 0.29) is 34.6 Å². The lowest BCUT2D eigenvalue weighted by Gasteiger charge is -2.14. The van der Waals surface area contributed by atoms with Gasteiger partial charge in [0.1, 0.15) is 29.6 Å². The summed E-state index contributed by atoms with van der Waals surface area (Å²) in [6.45, 7) is 0.867. The van der Waals surface area contributed by atoms with Crippen molar-refractivity contribution in [2.75, 3.05) is 25.6 Å². The lowest BCUT2D eigenvalue weighted by atomic mass is 10.0. The summed E-state index contributed by atoms with van der Waals surface area (Å²) in [5.41, 5.74) is 3.06. The molecule has 0 radical (unpaired) electrons. The largest absolute Gasteiger partial charge is 0.383 e. The molecule has 0 aliphatic heterocycles. The number of nitrogens with zero attached hydrogens (tertiary/aromatic N) is 5. The number of alkyl halides is 1. The Labute approximate surface area is 240 Å². The minimum atomic E-state index is -0.797. The van der Waals surface area contributed by atoms with Gasteiger partial charge in [-0.1, -0.05) is 5.21 Å². The Morgan fingerprint density at radius 1 is 1.12 bits per heavy atom. The van der Waals surface area contributed by atoms with Gasteiger partial charge in [-0.3, -0.25) is 9.59 Å². The van der Waals surface area contributed by atoms with Gasteiger partial charge in [-0.15, -0.1) is 5.10 Å². The van der Waals surface area contributed by atoms with Crippen LogP contribution in [0.5, 0.6) is 0 Å². The first kappa shape index (κ1) is 27.9. The molecule has 3 aromatic heterocycles. The van der Waals surface area contributed by atoms with E-state index >= 15 is 0 Å². The van der Waals surface area contributed by atoms with Gasteiger partial charge in [-0.2, -0.15) is 0 Å². The minimum absolute atomic E-state index is 0.0388. The molecular formula is C30H31F2N7O3. The molecule has 10 nitrogen and oxygen atoms in total. The van der Waals surface area contributed by atoms with E-state index in [1.807, 2.05) is 12.3 Å². The van der Waals surface area contributed by atoms with E-state index in [4.69, 9.17) is 9.72 Å². The molecular weight excluding hydrogens is 544 g/mol. The Morgan fingerprint density at radius 2 is 1.95 bits per heavy atom. The van der Waals surface area contributed by atoms with Crippen LogP contribution in [0.15, 0.2) is 53.6 Å². The van der Waals surface area contributed by atoms with Crippen LogP contribution in [-0.4, -0.2) is 50.7 Å². The summed E-state index contributed by atoms with van der Waals surface area (Å²) in [5.74, 6) is -0.524. The SMILES string of the molecule is COCCNCc1cc(C(=O)Nc2cc(-c3ccc(F)cc3-n3cc(CF)nn3)cc(C3CC3)n2)c(=O)n(C2CC2)c1. The molecule has 218 valence electrons. The molecule has 3 heterocycles. The summed E-state index contributed by atoms with van der Waals surface area (Å²) in [6.07, 6.45) is 6.95. The molecule has 0 spiro atoms. The number of amides is 1. The van der Waals surface area contributed by atoms with Gasteiger partial charge < -0.3 is 19.9 Å². The van der Waals surface area contributed by atoms with Crippen molar-refractivity contribution in [3.8, 4) is 16.8 Å². The fraction of sp³-hybridized carbons (Fsp3) is 0.367. The Kier molecular flexibility index (Phi) is 7.90. The normalized spacial score (nSPS) is 14.7. The van der Waals surface area contributed by atoms with Crippen LogP contribution in [0.25, 0.3) is 16.8 Å². The average molecular weight is 576 g/mol. The predicted octanol–water partition coefficient (Wildman–Crippen LogP) is 4.30. The highest BCUT2D eigenvalue weighted by Crippen LogP contribution is 2.41. The molecule has 2 saturated carbocycles. The maximum absolute atomic E-state index is 14.3. The first-order chi connectivity index (χ1) is 20.4. The summed E-state index contributed by atoms with van der Waals surface area (Å²) in [5, 5.41) is 13.9. The number of methoxy groups -OCH3 is 1. The van der Waals surface area contributed by atoms with Crippen LogP contribution in [0.2, 0.25) is 0 Å². The number of aromatic nitrogens is 5. The van der Waals surface area contributed by atoms with Crippen molar-refractivity contribution >= 4 is 11.7 Å². The van der Waals surface area contributed by atoms with Gasteiger partial charge in [0.15, 0.2) is 0 Å². The molecule has 2 N–H and O–H groups in total. The van der Waals surface area contributed by atoms with Gasteiger partial charge in [-0.05, 0) is 67.1 Å². The molecule has 0 atom stereocenters. The number of anilines is 1. The van der Waals surface area contributed by atoms with E-state index in [1.165, 1.54) is 23.0 Å². The molecule has 42 heavy (non-hydrogen) atoms. The molecule has 0 saturated heterocycles. The van der Waals surface area contributed by atoms with Crippen molar-refractivity contribution < 1.29 is 18.3 Å². The van der Waals surface area contributed by atoms with Crippen LogP contribution >= 0.6 is 0 Å². The average Bonchev–Trinajstić information content (AvgIpc) is 3.93. The maximum Gasteiger partial charge on any atom is 0.263 e. The topological polar surface area (TPSA) is 116 Å². The van der Waals surface area contributed by atoms with Crippen LogP contribution in [0.4, 0.5) is 14.6 Å². The van der Waals surface area contributed by atoms with Gasteiger partial charge in [0.2, 0.25) is 0 Å².